The molecule has 146 valence electrons. The molecule has 0 aliphatic heterocycles. The van der Waals surface area contributed by atoms with Crippen LogP contribution < -0.4 is 16.4 Å². The fraction of sp³-hybridized carbons (Fsp3) is 0.429. The lowest BCUT2D eigenvalue weighted by molar-refractivity contribution is 0.0801. The number of hydrogen-bond donors (Lipinski definition) is 7. The molecular formula is C14H18I3N3O6. The molecule has 0 aromatic heterocycles. The Kier molecular flexibility index (Phi) is 10.3. The third-order valence-corrected chi connectivity index (χ3v) is 6.46. The van der Waals surface area contributed by atoms with Crippen LogP contribution in [0.4, 0.5) is 5.69 Å². The lowest BCUT2D eigenvalue weighted by atomic mass is 10.1. The molecule has 2 amide bonds. The molecule has 0 heterocycles. The van der Waals surface area contributed by atoms with Gasteiger partial charge >= 0.3 is 0 Å². The first kappa shape index (κ1) is 24.0. The molecule has 0 saturated carbocycles. The lowest BCUT2D eigenvalue weighted by Gasteiger charge is -2.20. The van der Waals surface area contributed by atoms with Gasteiger partial charge in [-0.3, -0.25) is 9.59 Å². The number of hydrogen-bond acceptors (Lipinski definition) is 7. The van der Waals surface area contributed by atoms with Crippen molar-refractivity contribution in [3.8, 4) is 0 Å². The molecule has 0 saturated heterocycles. The number of rotatable bonds is 9. The van der Waals surface area contributed by atoms with Gasteiger partial charge in [0.25, 0.3) is 11.8 Å². The summed E-state index contributed by atoms with van der Waals surface area (Å²) < 4.78 is 1.33. The van der Waals surface area contributed by atoms with Gasteiger partial charge in [0, 0.05) is 16.7 Å². The van der Waals surface area contributed by atoms with E-state index in [-0.39, 0.29) is 24.2 Å². The number of anilines is 1. The average molecular weight is 705 g/mol. The molecule has 12 heteroatoms. The minimum atomic E-state index is -1.11. The van der Waals surface area contributed by atoms with E-state index in [1.54, 1.807) is 0 Å². The van der Waals surface area contributed by atoms with E-state index in [9.17, 15) is 19.8 Å². The number of nitrogens with two attached hydrogens (primary N) is 1. The number of benzene rings is 1. The number of aliphatic hydroxyl groups excluding tert-OH is 4. The highest BCUT2D eigenvalue weighted by atomic mass is 127. The largest absolute Gasteiger partial charge is 0.394 e. The van der Waals surface area contributed by atoms with Crippen molar-refractivity contribution in [1.82, 2.24) is 5.32 Å². The second kappa shape index (κ2) is 11.1. The molecule has 9 nitrogen and oxygen atoms in total. The topological polar surface area (TPSA) is 165 Å². The summed E-state index contributed by atoms with van der Waals surface area (Å²) in [5.74, 6) is -1.26. The van der Waals surface area contributed by atoms with Crippen molar-refractivity contribution in [3.63, 3.8) is 0 Å². The van der Waals surface area contributed by atoms with Crippen LogP contribution in [0.3, 0.4) is 0 Å². The number of aliphatic hydroxyl groups is 4. The fourth-order valence-corrected chi connectivity index (χ4v) is 6.45. The van der Waals surface area contributed by atoms with Crippen LogP contribution in [0.15, 0.2) is 0 Å². The molecule has 8 N–H and O–H groups in total. The third-order valence-electron chi connectivity index (χ3n) is 3.22. The van der Waals surface area contributed by atoms with Gasteiger partial charge in [0.15, 0.2) is 0 Å². The van der Waals surface area contributed by atoms with Gasteiger partial charge in [-0.15, -0.1) is 0 Å². The monoisotopic (exact) mass is 705 g/mol. The first-order chi connectivity index (χ1) is 12.1. The smallest absolute Gasteiger partial charge is 0.253 e. The van der Waals surface area contributed by atoms with Crippen molar-refractivity contribution in [2.24, 2.45) is 5.73 Å². The van der Waals surface area contributed by atoms with Crippen LogP contribution in [0, 0.1) is 10.7 Å². The van der Waals surface area contributed by atoms with E-state index >= 15 is 0 Å². The maximum Gasteiger partial charge on any atom is 0.253 e. The van der Waals surface area contributed by atoms with Gasteiger partial charge in [0.2, 0.25) is 0 Å². The summed E-state index contributed by atoms with van der Waals surface area (Å²) in [7, 11) is 0. The van der Waals surface area contributed by atoms with Crippen LogP contribution in [0.5, 0.6) is 0 Å². The first-order valence-corrected chi connectivity index (χ1v) is 10.5. The van der Waals surface area contributed by atoms with Gasteiger partial charge < -0.3 is 36.8 Å². The summed E-state index contributed by atoms with van der Waals surface area (Å²) in [5, 5.41) is 42.2. The van der Waals surface area contributed by atoms with Crippen LogP contribution in [-0.2, 0) is 0 Å². The van der Waals surface area contributed by atoms with E-state index in [4.69, 9.17) is 15.9 Å². The Balaban J connectivity index is 3.37. The predicted octanol–water partition coefficient (Wildman–Crippen LogP) is -0.553. The van der Waals surface area contributed by atoms with Crippen LogP contribution in [-0.4, -0.2) is 70.8 Å². The van der Waals surface area contributed by atoms with Crippen molar-refractivity contribution >= 4 is 85.3 Å². The number of primary amides is 1. The minimum absolute atomic E-state index is 0.00554. The zero-order valence-corrected chi connectivity index (χ0v) is 19.8. The number of halogens is 3. The van der Waals surface area contributed by atoms with Crippen LogP contribution >= 0.6 is 67.8 Å². The Bertz CT molecular complexity index is 689. The Morgan fingerprint density at radius 3 is 1.92 bits per heavy atom. The number of amides is 2. The molecule has 2 unspecified atom stereocenters. The highest BCUT2D eigenvalue weighted by molar-refractivity contribution is 14.1. The van der Waals surface area contributed by atoms with Crippen molar-refractivity contribution in [2.75, 3.05) is 31.6 Å². The molecule has 1 rings (SSSR count). The molecule has 0 bridgehead atoms. The minimum Gasteiger partial charge on any atom is -0.394 e. The molecule has 0 radical (unpaired) electrons. The molecule has 0 aliphatic carbocycles. The standard InChI is InChI=1S/C14H18I3N3O6/c15-9-7(13(18)25)10(16)12(19-1-5(23)3-21)11(17)8(9)14(26)20-2-6(24)4-22/h5-6,19,21-24H,1-4H2,(H2,18,25)(H,20,26). The second-order valence-electron chi connectivity index (χ2n) is 5.19. The zero-order valence-electron chi connectivity index (χ0n) is 13.3. The van der Waals surface area contributed by atoms with E-state index in [1.165, 1.54) is 0 Å². The quantitative estimate of drug-likeness (QED) is 0.170. The third kappa shape index (κ3) is 5.99. The van der Waals surface area contributed by atoms with Crippen molar-refractivity contribution in [1.29, 1.82) is 0 Å². The van der Waals surface area contributed by atoms with E-state index in [1.807, 2.05) is 67.8 Å². The molecular weight excluding hydrogens is 687 g/mol. The van der Waals surface area contributed by atoms with Gasteiger partial charge in [-0.2, -0.15) is 0 Å². The molecule has 0 fully saturated rings. The van der Waals surface area contributed by atoms with Crippen molar-refractivity contribution in [3.05, 3.63) is 21.8 Å². The normalized spacial score (nSPS) is 13.2. The van der Waals surface area contributed by atoms with E-state index < -0.39 is 37.2 Å². The summed E-state index contributed by atoms with van der Waals surface area (Å²) in [6, 6.07) is 0. The fourth-order valence-electron chi connectivity index (χ4n) is 1.88. The first-order valence-electron chi connectivity index (χ1n) is 7.25. The van der Waals surface area contributed by atoms with Crippen molar-refractivity contribution in [2.45, 2.75) is 12.2 Å². The van der Waals surface area contributed by atoms with Gasteiger partial charge in [0.05, 0.1) is 49.4 Å². The number of nitrogens with one attached hydrogen (secondary N) is 2. The maximum absolute atomic E-state index is 12.6. The highest BCUT2D eigenvalue weighted by Crippen LogP contribution is 2.35. The number of carbonyl (C=O) groups excluding carboxylic acids is 2. The lowest BCUT2D eigenvalue weighted by Crippen LogP contribution is -2.35. The summed E-state index contributed by atoms with van der Waals surface area (Å²) in [4.78, 5) is 24.4. The molecule has 2 atom stereocenters. The summed E-state index contributed by atoms with van der Waals surface area (Å²) >= 11 is 5.71. The maximum atomic E-state index is 12.6. The van der Waals surface area contributed by atoms with E-state index in [2.05, 4.69) is 10.6 Å². The Morgan fingerprint density at radius 1 is 0.923 bits per heavy atom. The second-order valence-corrected chi connectivity index (χ2v) is 8.43. The highest BCUT2D eigenvalue weighted by Gasteiger charge is 2.27. The predicted molar refractivity (Wildman–Crippen MR) is 120 cm³/mol. The van der Waals surface area contributed by atoms with E-state index in [0.717, 1.165) is 0 Å². The van der Waals surface area contributed by atoms with Gasteiger partial charge in [-0.25, -0.2) is 0 Å². The Labute approximate surface area is 190 Å². The van der Waals surface area contributed by atoms with Crippen molar-refractivity contribution < 1.29 is 30.0 Å². The molecule has 0 aliphatic rings. The van der Waals surface area contributed by atoms with Gasteiger partial charge in [-0.1, -0.05) is 0 Å². The summed E-state index contributed by atoms with van der Waals surface area (Å²) in [6.45, 7) is -1.10. The molecule has 0 spiro atoms. The Hall–Kier alpha value is -0.0100. The Morgan fingerprint density at radius 2 is 1.42 bits per heavy atom. The molecule has 1 aromatic rings. The van der Waals surface area contributed by atoms with Crippen LogP contribution in [0.25, 0.3) is 0 Å². The summed E-state index contributed by atoms with van der Waals surface area (Å²) in [5.41, 5.74) is 6.23. The molecule has 26 heavy (non-hydrogen) atoms. The average Bonchev–Trinajstić information content (AvgIpc) is 2.58. The SMILES string of the molecule is NC(=O)c1c(I)c(NCC(O)CO)c(I)c(C(=O)NCC(O)CO)c1I. The van der Waals surface area contributed by atoms with Gasteiger partial charge in [0.1, 0.15) is 0 Å². The van der Waals surface area contributed by atoms with E-state index in [0.29, 0.717) is 16.4 Å². The summed E-state index contributed by atoms with van der Waals surface area (Å²) in [6.07, 6.45) is -2.12. The van der Waals surface area contributed by atoms with Crippen LogP contribution in [0.1, 0.15) is 20.7 Å². The number of carbonyl (C=O) groups is 2. The molecule has 1 aromatic carbocycles. The van der Waals surface area contributed by atoms with Gasteiger partial charge in [-0.05, 0) is 67.8 Å². The van der Waals surface area contributed by atoms with Crippen LogP contribution in [0.2, 0.25) is 0 Å². The zero-order chi connectivity index (χ0) is 20.0.